The van der Waals surface area contributed by atoms with Gasteiger partial charge in [0, 0.05) is 37.3 Å². The van der Waals surface area contributed by atoms with E-state index < -0.39 is 10.0 Å². The second-order valence-electron chi connectivity index (χ2n) is 7.81. The number of piperazine rings is 1. The van der Waals surface area contributed by atoms with E-state index in [0.717, 1.165) is 5.56 Å². The van der Waals surface area contributed by atoms with Crippen molar-refractivity contribution in [2.45, 2.75) is 11.8 Å². The second-order valence-corrected chi connectivity index (χ2v) is 9.75. The molecule has 3 aromatic rings. The quantitative estimate of drug-likeness (QED) is 0.474. The van der Waals surface area contributed by atoms with Crippen LogP contribution in [0.15, 0.2) is 59.5 Å². The van der Waals surface area contributed by atoms with Crippen LogP contribution in [0.5, 0.6) is 11.5 Å². The van der Waals surface area contributed by atoms with Gasteiger partial charge in [-0.2, -0.15) is 4.31 Å². The van der Waals surface area contributed by atoms with E-state index >= 15 is 0 Å². The van der Waals surface area contributed by atoms with Crippen LogP contribution in [-0.2, 0) is 10.0 Å². The smallest absolute Gasteiger partial charge is 0.243 e. The standard InChI is InChI=1S/C24H26N4O5S/c1-17(29)18-4-7-20(8-5-18)34(30,31)28-14-12-27(13-15-28)24-11-9-22(25-26-24)21-16-19(32-2)6-10-23(21)33-3/h4-11,16H,12-15H2,1-3H3. The molecular weight excluding hydrogens is 456 g/mol. The number of hydrogen-bond donors (Lipinski definition) is 0. The molecule has 1 aliphatic heterocycles. The van der Waals surface area contributed by atoms with Crippen LogP contribution < -0.4 is 14.4 Å². The van der Waals surface area contributed by atoms with Crippen molar-refractivity contribution in [3.05, 3.63) is 60.2 Å². The minimum Gasteiger partial charge on any atom is -0.497 e. The Kier molecular flexibility index (Phi) is 6.80. The average Bonchev–Trinajstić information content (AvgIpc) is 2.88. The van der Waals surface area contributed by atoms with Crippen LogP contribution in [0.25, 0.3) is 11.3 Å². The number of aromatic nitrogens is 2. The van der Waals surface area contributed by atoms with Gasteiger partial charge in [-0.15, -0.1) is 10.2 Å². The summed E-state index contributed by atoms with van der Waals surface area (Å²) in [6.07, 6.45) is 0. The summed E-state index contributed by atoms with van der Waals surface area (Å²) in [6.45, 7) is 3.07. The zero-order valence-corrected chi connectivity index (χ0v) is 20.1. The highest BCUT2D eigenvalue weighted by Gasteiger charge is 2.29. The van der Waals surface area contributed by atoms with Gasteiger partial charge in [-0.1, -0.05) is 12.1 Å². The fourth-order valence-electron chi connectivity index (χ4n) is 3.82. The molecule has 0 unspecified atom stereocenters. The maximum atomic E-state index is 13.0. The number of carbonyl (C=O) groups is 1. The van der Waals surface area contributed by atoms with Gasteiger partial charge in [0.2, 0.25) is 10.0 Å². The molecule has 0 atom stereocenters. The summed E-state index contributed by atoms with van der Waals surface area (Å²) in [4.78, 5) is 13.6. The fourth-order valence-corrected chi connectivity index (χ4v) is 5.24. The van der Waals surface area contributed by atoms with Crippen molar-refractivity contribution in [3.8, 4) is 22.8 Å². The minimum absolute atomic E-state index is 0.102. The summed E-state index contributed by atoms with van der Waals surface area (Å²) >= 11 is 0. The highest BCUT2D eigenvalue weighted by atomic mass is 32.2. The monoisotopic (exact) mass is 482 g/mol. The molecule has 178 valence electrons. The van der Waals surface area contributed by atoms with Crippen LogP contribution in [0.3, 0.4) is 0 Å². The van der Waals surface area contributed by atoms with Gasteiger partial charge >= 0.3 is 0 Å². The molecule has 34 heavy (non-hydrogen) atoms. The Labute approximate surface area is 199 Å². The minimum atomic E-state index is -3.63. The Bertz CT molecular complexity index is 1270. The third-order valence-electron chi connectivity index (χ3n) is 5.79. The molecular formula is C24H26N4O5S. The predicted molar refractivity (Wildman–Crippen MR) is 128 cm³/mol. The average molecular weight is 483 g/mol. The first-order valence-corrected chi connectivity index (χ1v) is 12.2. The Morgan fingerprint density at radius 2 is 1.59 bits per heavy atom. The van der Waals surface area contributed by atoms with Crippen molar-refractivity contribution in [3.63, 3.8) is 0 Å². The zero-order valence-electron chi connectivity index (χ0n) is 19.3. The molecule has 2 heterocycles. The molecule has 0 N–H and O–H groups in total. The number of Topliss-reactive ketones (excluding diaryl/α,β-unsaturated/α-hetero) is 1. The molecule has 4 rings (SSSR count). The van der Waals surface area contributed by atoms with Crippen LogP contribution in [0.1, 0.15) is 17.3 Å². The van der Waals surface area contributed by atoms with Crippen molar-refractivity contribution in [2.24, 2.45) is 0 Å². The number of hydrogen-bond acceptors (Lipinski definition) is 8. The number of sulfonamides is 1. The van der Waals surface area contributed by atoms with E-state index in [-0.39, 0.29) is 10.7 Å². The highest BCUT2D eigenvalue weighted by molar-refractivity contribution is 7.89. The first-order valence-electron chi connectivity index (χ1n) is 10.8. The number of benzene rings is 2. The number of methoxy groups -OCH3 is 2. The Balaban J connectivity index is 1.45. The summed E-state index contributed by atoms with van der Waals surface area (Å²) < 4.78 is 38.2. The fraction of sp³-hybridized carbons (Fsp3) is 0.292. The molecule has 0 spiro atoms. The lowest BCUT2D eigenvalue weighted by Gasteiger charge is -2.34. The SMILES string of the molecule is COc1ccc(OC)c(-c2ccc(N3CCN(S(=O)(=O)c4ccc(C(C)=O)cc4)CC3)nn2)c1. The molecule has 1 aromatic heterocycles. The Morgan fingerprint density at radius 1 is 0.882 bits per heavy atom. The third kappa shape index (κ3) is 4.73. The van der Waals surface area contributed by atoms with Crippen molar-refractivity contribution in [2.75, 3.05) is 45.3 Å². The lowest BCUT2D eigenvalue weighted by molar-refractivity contribution is 0.101. The predicted octanol–water partition coefficient (Wildman–Crippen LogP) is 2.87. The van der Waals surface area contributed by atoms with E-state index in [1.165, 1.54) is 23.4 Å². The van der Waals surface area contributed by atoms with Crippen LogP contribution >= 0.6 is 0 Å². The maximum absolute atomic E-state index is 13.0. The number of ether oxygens (including phenoxy) is 2. The highest BCUT2D eigenvalue weighted by Crippen LogP contribution is 2.32. The van der Waals surface area contributed by atoms with Gasteiger partial charge in [0.1, 0.15) is 11.5 Å². The van der Waals surface area contributed by atoms with Crippen molar-refractivity contribution in [1.82, 2.24) is 14.5 Å². The largest absolute Gasteiger partial charge is 0.497 e. The second kappa shape index (κ2) is 9.78. The van der Waals surface area contributed by atoms with Crippen LogP contribution in [-0.4, -0.2) is 69.1 Å². The molecule has 1 saturated heterocycles. The molecule has 10 heteroatoms. The molecule has 0 amide bonds. The van der Waals surface area contributed by atoms with Crippen molar-refractivity contribution >= 4 is 21.6 Å². The lowest BCUT2D eigenvalue weighted by atomic mass is 10.1. The van der Waals surface area contributed by atoms with E-state index in [4.69, 9.17) is 9.47 Å². The van der Waals surface area contributed by atoms with E-state index in [1.807, 2.05) is 35.2 Å². The van der Waals surface area contributed by atoms with Crippen LogP contribution in [0.2, 0.25) is 0 Å². The molecule has 0 radical (unpaired) electrons. The molecule has 9 nitrogen and oxygen atoms in total. The van der Waals surface area contributed by atoms with Gasteiger partial charge in [0.05, 0.1) is 24.8 Å². The van der Waals surface area contributed by atoms with Crippen LogP contribution in [0.4, 0.5) is 5.82 Å². The lowest BCUT2D eigenvalue weighted by Crippen LogP contribution is -2.49. The first kappa shape index (κ1) is 23.7. The zero-order chi connectivity index (χ0) is 24.3. The Hall–Kier alpha value is -3.50. The van der Waals surface area contributed by atoms with E-state index in [1.54, 1.807) is 26.4 Å². The normalized spacial score (nSPS) is 14.6. The number of anilines is 1. The molecule has 1 aliphatic rings. The summed E-state index contributed by atoms with van der Waals surface area (Å²) in [5.41, 5.74) is 1.90. The molecule has 2 aromatic carbocycles. The molecule has 1 fully saturated rings. The summed E-state index contributed by atoms with van der Waals surface area (Å²) in [7, 11) is -0.439. The number of ketones is 1. The van der Waals surface area contributed by atoms with E-state index in [9.17, 15) is 13.2 Å². The van der Waals surface area contributed by atoms with E-state index in [2.05, 4.69) is 10.2 Å². The molecule has 0 bridgehead atoms. The van der Waals surface area contributed by atoms with Gasteiger partial charge in [-0.3, -0.25) is 4.79 Å². The van der Waals surface area contributed by atoms with Gasteiger partial charge in [0.25, 0.3) is 0 Å². The van der Waals surface area contributed by atoms with E-state index in [0.29, 0.717) is 54.8 Å². The summed E-state index contributed by atoms with van der Waals surface area (Å²) in [5.74, 6) is 1.93. The van der Waals surface area contributed by atoms with Gasteiger partial charge < -0.3 is 14.4 Å². The third-order valence-corrected chi connectivity index (χ3v) is 7.71. The summed E-state index contributed by atoms with van der Waals surface area (Å²) in [5, 5.41) is 8.72. The molecule has 0 aliphatic carbocycles. The Morgan fingerprint density at radius 3 is 2.15 bits per heavy atom. The van der Waals surface area contributed by atoms with Crippen molar-refractivity contribution < 1.29 is 22.7 Å². The summed E-state index contributed by atoms with van der Waals surface area (Å²) in [6, 6.07) is 15.2. The topological polar surface area (TPSA) is 102 Å². The van der Waals surface area contributed by atoms with Gasteiger partial charge in [0.15, 0.2) is 11.6 Å². The van der Waals surface area contributed by atoms with Gasteiger partial charge in [-0.05, 0) is 49.4 Å². The molecule has 0 saturated carbocycles. The van der Waals surface area contributed by atoms with Crippen LogP contribution in [0, 0.1) is 0 Å². The first-order chi connectivity index (χ1) is 16.3. The number of nitrogens with zero attached hydrogens (tertiary/aromatic N) is 4. The van der Waals surface area contributed by atoms with Gasteiger partial charge in [-0.25, -0.2) is 8.42 Å². The number of carbonyl (C=O) groups excluding carboxylic acids is 1. The number of rotatable bonds is 7. The van der Waals surface area contributed by atoms with Crippen molar-refractivity contribution in [1.29, 1.82) is 0 Å². The maximum Gasteiger partial charge on any atom is 0.243 e.